The number of cyclic esters (lactones) is 2. The number of rotatable bonds is 6. The van der Waals surface area contributed by atoms with Crippen molar-refractivity contribution in [3.05, 3.63) is 111 Å². The molecule has 292 valence electrons. The summed E-state index contributed by atoms with van der Waals surface area (Å²) in [6.45, 7) is 11.1. The lowest BCUT2D eigenvalue weighted by Crippen LogP contribution is -2.42. The molecule has 2 aromatic heterocycles. The molecule has 0 radical (unpaired) electrons. The monoisotopic (exact) mass is 777 g/mol. The number of nitrogens with zero attached hydrogens (tertiary/aromatic N) is 3. The number of carbonyl (C=O) groups is 2. The molecule has 8 atom stereocenters. The Labute approximate surface area is 328 Å². The Morgan fingerprint density at radius 3 is 2.15 bits per heavy atom. The van der Waals surface area contributed by atoms with Crippen LogP contribution in [0, 0.1) is 10.8 Å². The number of fused-ring (bicyclic) bond motifs is 5. The zero-order valence-electron chi connectivity index (χ0n) is 32.5. The van der Waals surface area contributed by atoms with Crippen LogP contribution in [0.1, 0.15) is 85.4 Å². The number of aromatic nitrogens is 2. The van der Waals surface area contributed by atoms with Crippen LogP contribution in [0.3, 0.4) is 0 Å². The largest absolute Gasteiger partial charge is 0.457 e. The minimum Gasteiger partial charge on any atom is -0.457 e. The van der Waals surface area contributed by atoms with E-state index in [1.165, 1.54) is 22.7 Å². The molecular weight excluding hydrogens is 723 g/mol. The smallest absolute Gasteiger partial charge is 0.358 e. The Balaban J connectivity index is 1.59. The Kier molecular flexibility index (Phi) is 15.7. The number of methoxy groups -OCH3 is 1. The van der Waals surface area contributed by atoms with E-state index in [4.69, 9.17) is 14.2 Å². The number of esters is 2. The number of aliphatic hydroxyl groups is 2. The van der Waals surface area contributed by atoms with Gasteiger partial charge in [0.2, 0.25) is 0 Å². The number of allylic oxidation sites excluding steroid dienone is 7. The summed E-state index contributed by atoms with van der Waals surface area (Å²) in [7, 11) is 3.66. The van der Waals surface area contributed by atoms with Gasteiger partial charge in [0, 0.05) is 60.0 Å². The molecule has 54 heavy (non-hydrogen) atoms. The van der Waals surface area contributed by atoms with Crippen molar-refractivity contribution in [2.75, 3.05) is 14.2 Å². The van der Waals surface area contributed by atoms with E-state index in [9.17, 15) is 19.8 Å². The fourth-order valence-corrected chi connectivity index (χ4v) is 7.27. The highest BCUT2D eigenvalue weighted by molar-refractivity contribution is 7.10. The summed E-state index contributed by atoms with van der Waals surface area (Å²) in [6, 6.07) is 0.376. The van der Waals surface area contributed by atoms with Gasteiger partial charge < -0.3 is 24.4 Å². The average molecular weight is 778 g/mol. The summed E-state index contributed by atoms with van der Waals surface area (Å²) in [5.41, 5.74) is -1.04. The van der Waals surface area contributed by atoms with Crippen molar-refractivity contribution < 1.29 is 34.0 Å². The Bertz CT molecular complexity index is 1760. The molecule has 4 bridgehead atoms. The first kappa shape index (κ1) is 43.0. The maximum absolute atomic E-state index is 13.3. The van der Waals surface area contributed by atoms with E-state index in [1.807, 2.05) is 102 Å². The lowest BCUT2D eigenvalue weighted by Gasteiger charge is -2.36. The van der Waals surface area contributed by atoms with Gasteiger partial charge in [0.05, 0.1) is 23.3 Å². The predicted molar refractivity (Wildman–Crippen MR) is 217 cm³/mol. The Hall–Kier alpha value is -3.78. The van der Waals surface area contributed by atoms with Crippen molar-refractivity contribution in [3.63, 3.8) is 0 Å². The third kappa shape index (κ3) is 11.6. The van der Waals surface area contributed by atoms with E-state index in [2.05, 4.69) is 27.0 Å². The number of hydrogen-bond donors (Lipinski definition) is 2. The maximum Gasteiger partial charge on any atom is 0.358 e. The van der Waals surface area contributed by atoms with Gasteiger partial charge in [0.1, 0.15) is 17.2 Å². The normalized spacial score (nSPS) is 29.8. The van der Waals surface area contributed by atoms with E-state index >= 15 is 0 Å². The molecular formula is C42H55N3O7S2. The lowest BCUT2D eigenvalue weighted by atomic mass is 9.79. The Morgan fingerprint density at radius 2 is 1.46 bits per heavy atom. The van der Waals surface area contributed by atoms with Crippen LogP contribution in [-0.4, -0.2) is 93.8 Å². The molecule has 2 aliphatic rings. The third-order valence-electron chi connectivity index (χ3n) is 10.2. The van der Waals surface area contributed by atoms with Gasteiger partial charge in [0.25, 0.3) is 0 Å². The van der Waals surface area contributed by atoms with Crippen LogP contribution >= 0.6 is 22.7 Å². The van der Waals surface area contributed by atoms with Crippen molar-refractivity contribution >= 4 is 40.7 Å². The molecule has 1 saturated heterocycles. The SMILES string of the molecule is C/C=C/[C@H](O)C(C)(C)[C@@H]1C\C=C/C=C\C=C\[C@H](OC)Cc2nc(cs2)C(=O)O[C@H](C(C)(C)C(C)O)C/C=C\[C@@H]2[C@H](/C=C/C=C\c3nc(cs3)C(=O)O1)N2C. The van der Waals surface area contributed by atoms with Gasteiger partial charge in [-0.1, -0.05) is 107 Å². The second-order valence-electron chi connectivity index (χ2n) is 14.7. The molecule has 4 rings (SSSR count). The maximum atomic E-state index is 13.3. The fraction of sp³-hybridized carbons (Fsp3) is 0.476. The molecule has 0 spiro atoms. The number of carbonyl (C=O) groups excluding carboxylic acids is 2. The molecule has 1 fully saturated rings. The molecule has 0 aromatic carbocycles. The Morgan fingerprint density at radius 1 is 0.852 bits per heavy atom. The van der Waals surface area contributed by atoms with Crippen molar-refractivity contribution in [1.29, 1.82) is 0 Å². The van der Waals surface area contributed by atoms with E-state index in [-0.39, 0.29) is 29.6 Å². The topological polar surface area (TPSA) is 131 Å². The molecule has 2 N–H and O–H groups in total. The third-order valence-corrected chi connectivity index (χ3v) is 11.9. The van der Waals surface area contributed by atoms with Crippen molar-refractivity contribution in [2.45, 2.75) is 103 Å². The van der Waals surface area contributed by atoms with Crippen molar-refractivity contribution in [1.82, 2.24) is 14.9 Å². The van der Waals surface area contributed by atoms with Gasteiger partial charge in [-0.15, -0.1) is 22.7 Å². The first-order valence-electron chi connectivity index (χ1n) is 18.3. The number of thiazole rings is 2. The van der Waals surface area contributed by atoms with Gasteiger partial charge in [0.15, 0.2) is 11.4 Å². The number of likely N-dealkylation sites (N-methyl/N-ethyl adjacent to an activating group) is 1. The lowest BCUT2D eigenvalue weighted by molar-refractivity contribution is -0.0546. The van der Waals surface area contributed by atoms with Crippen LogP contribution in [0.2, 0.25) is 0 Å². The van der Waals surface area contributed by atoms with E-state index in [0.717, 1.165) is 5.01 Å². The van der Waals surface area contributed by atoms with E-state index < -0.39 is 47.2 Å². The van der Waals surface area contributed by atoms with Crippen molar-refractivity contribution in [3.8, 4) is 0 Å². The van der Waals surface area contributed by atoms with Crippen LogP contribution in [-0.2, 0) is 20.6 Å². The quantitative estimate of drug-likeness (QED) is 0.172. The molecule has 0 aliphatic carbocycles. The van der Waals surface area contributed by atoms with E-state index in [0.29, 0.717) is 24.3 Å². The summed E-state index contributed by atoms with van der Waals surface area (Å²) < 4.78 is 17.7. The summed E-state index contributed by atoms with van der Waals surface area (Å²) in [6.07, 6.45) is 24.9. The molecule has 0 amide bonds. The van der Waals surface area contributed by atoms with Crippen LogP contribution < -0.4 is 0 Å². The zero-order chi connectivity index (χ0) is 39.5. The summed E-state index contributed by atoms with van der Waals surface area (Å²) in [5.74, 6) is -1.07. The van der Waals surface area contributed by atoms with Gasteiger partial charge in [-0.3, -0.25) is 4.90 Å². The first-order chi connectivity index (χ1) is 25.7. The summed E-state index contributed by atoms with van der Waals surface area (Å²) in [4.78, 5) is 37.9. The van der Waals surface area contributed by atoms with Crippen LogP contribution in [0.25, 0.3) is 6.08 Å². The van der Waals surface area contributed by atoms with E-state index in [1.54, 1.807) is 36.9 Å². The van der Waals surface area contributed by atoms with Gasteiger partial charge in [-0.05, 0) is 27.0 Å². The second-order valence-corrected chi connectivity index (χ2v) is 16.6. The molecule has 2 aromatic rings. The minimum absolute atomic E-state index is 0.181. The highest BCUT2D eigenvalue weighted by Gasteiger charge is 2.41. The van der Waals surface area contributed by atoms with Crippen LogP contribution in [0.4, 0.5) is 0 Å². The van der Waals surface area contributed by atoms with Crippen molar-refractivity contribution in [2.24, 2.45) is 10.8 Å². The summed E-state index contributed by atoms with van der Waals surface area (Å²) >= 11 is 2.72. The van der Waals surface area contributed by atoms with Gasteiger partial charge in [-0.25, -0.2) is 19.6 Å². The highest BCUT2D eigenvalue weighted by atomic mass is 32.1. The molecule has 4 heterocycles. The van der Waals surface area contributed by atoms with Crippen LogP contribution in [0.15, 0.2) is 89.7 Å². The molecule has 12 heteroatoms. The van der Waals surface area contributed by atoms with Crippen LogP contribution in [0.5, 0.6) is 0 Å². The molecule has 2 aliphatic heterocycles. The number of aliphatic hydroxyl groups excluding tert-OH is 2. The fourth-order valence-electron chi connectivity index (χ4n) is 5.78. The van der Waals surface area contributed by atoms with Gasteiger partial charge >= 0.3 is 11.9 Å². The molecule has 10 nitrogen and oxygen atoms in total. The molecule has 2 unspecified atom stereocenters. The number of ether oxygens (including phenoxy) is 3. The average Bonchev–Trinajstić information content (AvgIpc) is 3.48. The predicted octanol–water partition coefficient (Wildman–Crippen LogP) is 7.55. The number of hydrogen-bond acceptors (Lipinski definition) is 12. The minimum atomic E-state index is -0.832. The first-order valence-corrected chi connectivity index (χ1v) is 20.0. The van der Waals surface area contributed by atoms with Gasteiger partial charge in [-0.2, -0.15) is 0 Å². The highest BCUT2D eigenvalue weighted by Crippen LogP contribution is 2.34. The second kappa shape index (κ2) is 19.7. The molecule has 0 saturated carbocycles. The zero-order valence-corrected chi connectivity index (χ0v) is 34.1. The standard InChI is InChI=1S/C42H55N3O7S2/c1-9-18-34(47)42(5,6)36-22-14-12-10-11-13-19-29(50-8)25-38-44-31(27-54-38)40(49)51-35(41(3,4)28(2)46)23-17-21-33-32(45(33)7)20-15-16-24-37-43-30(26-53-37)39(48)52-36/h9-21,24,26-29,32-36,46-47H,22-23,25H2,1-8H3/b11-10-,14-12-,18-9+,19-13+,20-15+,21-17-,24-16-/t28?,29-,32-,33+,34-,35-,36-,45?/m0/s1. The summed E-state index contributed by atoms with van der Waals surface area (Å²) in [5, 5.41) is 26.3.